The molecule has 1 radical (unpaired) electrons. The number of ether oxygens (including phenoxy) is 1. The van der Waals surface area contributed by atoms with Gasteiger partial charge in [-0.2, -0.15) is 0 Å². The lowest BCUT2D eigenvalue weighted by molar-refractivity contribution is 0.126. The summed E-state index contributed by atoms with van der Waals surface area (Å²) in [7, 11) is 0. The van der Waals surface area contributed by atoms with Crippen LogP contribution < -0.4 is 5.73 Å². The predicted octanol–water partition coefficient (Wildman–Crippen LogP) is 2.93. The van der Waals surface area contributed by atoms with Crippen LogP contribution in [0.3, 0.4) is 0 Å². The molecule has 21 heavy (non-hydrogen) atoms. The summed E-state index contributed by atoms with van der Waals surface area (Å²) in [6.45, 7) is 7.84. The van der Waals surface area contributed by atoms with E-state index < -0.39 is 0 Å². The van der Waals surface area contributed by atoms with Gasteiger partial charge in [0.2, 0.25) is 0 Å². The van der Waals surface area contributed by atoms with Crippen LogP contribution in [-0.4, -0.2) is 21.1 Å². The largest absolute Gasteiger partial charge is 0.382 e. The van der Waals surface area contributed by atoms with Crippen molar-refractivity contribution in [1.82, 2.24) is 14.5 Å². The first kappa shape index (κ1) is 13.8. The molecule has 1 aromatic carbocycles. The van der Waals surface area contributed by atoms with Crippen molar-refractivity contribution in [2.75, 3.05) is 12.3 Å². The maximum Gasteiger partial charge on any atom is 0.152 e. The first-order chi connectivity index (χ1) is 10.3. The number of aromatic nitrogens is 3. The number of fused-ring (bicyclic) bond motifs is 3. The normalized spacial score (nSPS) is 11.5. The number of nitrogens with zero attached hydrogens (tertiary/aromatic N) is 3. The van der Waals surface area contributed by atoms with E-state index in [4.69, 9.17) is 10.5 Å². The number of para-hydroxylation sites is 1. The van der Waals surface area contributed by atoms with E-state index >= 15 is 0 Å². The molecule has 2 N–H and O–H groups in total. The van der Waals surface area contributed by atoms with Crippen LogP contribution in [0.1, 0.15) is 19.2 Å². The number of anilines is 1. The van der Waals surface area contributed by atoms with Gasteiger partial charge in [0.25, 0.3) is 0 Å². The van der Waals surface area contributed by atoms with E-state index in [1.807, 2.05) is 25.1 Å². The molecule has 5 heteroatoms. The van der Waals surface area contributed by atoms with E-state index in [-0.39, 0.29) is 0 Å². The topological polar surface area (TPSA) is 66.0 Å². The van der Waals surface area contributed by atoms with Gasteiger partial charge < -0.3 is 15.0 Å². The molecule has 0 fully saturated rings. The van der Waals surface area contributed by atoms with E-state index in [1.54, 1.807) is 0 Å². The number of benzene rings is 1. The lowest BCUT2D eigenvalue weighted by atomic mass is 10.2. The SMILES string of the molecule is [CH2]CCn1c(COCC)nc2c(N)nc3ccccc3c21. The molecule has 0 bridgehead atoms. The molecule has 2 heterocycles. The van der Waals surface area contributed by atoms with Crippen LogP contribution >= 0.6 is 0 Å². The molecule has 0 atom stereocenters. The van der Waals surface area contributed by atoms with Gasteiger partial charge in [-0.1, -0.05) is 25.1 Å². The summed E-state index contributed by atoms with van der Waals surface area (Å²) in [6.07, 6.45) is 0.779. The third-order valence-electron chi connectivity index (χ3n) is 3.51. The van der Waals surface area contributed by atoms with Gasteiger partial charge in [0.15, 0.2) is 5.82 Å². The minimum atomic E-state index is 0.462. The first-order valence-electron chi connectivity index (χ1n) is 7.16. The molecule has 3 rings (SSSR count). The van der Waals surface area contributed by atoms with Crippen LogP contribution in [0.5, 0.6) is 0 Å². The number of hydrogen-bond acceptors (Lipinski definition) is 4. The fraction of sp³-hybridized carbons (Fsp3) is 0.312. The Hall–Kier alpha value is -2.14. The van der Waals surface area contributed by atoms with Gasteiger partial charge in [-0.25, -0.2) is 9.97 Å². The Morgan fingerprint density at radius 2 is 2.10 bits per heavy atom. The summed E-state index contributed by atoms with van der Waals surface area (Å²) >= 11 is 0. The van der Waals surface area contributed by atoms with E-state index in [2.05, 4.69) is 27.5 Å². The highest BCUT2D eigenvalue weighted by Gasteiger charge is 2.16. The lowest BCUT2D eigenvalue weighted by Crippen LogP contribution is -2.05. The summed E-state index contributed by atoms with van der Waals surface area (Å²) in [5.74, 6) is 1.34. The minimum absolute atomic E-state index is 0.462. The molecule has 0 saturated carbocycles. The van der Waals surface area contributed by atoms with E-state index in [0.717, 1.165) is 40.7 Å². The van der Waals surface area contributed by atoms with Crippen molar-refractivity contribution in [1.29, 1.82) is 0 Å². The van der Waals surface area contributed by atoms with Gasteiger partial charge in [0.1, 0.15) is 17.9 Å². The Morgan fingerprint density at radius 3 is 2.86 bits per heavy atom. The molecule has 0 aliphatic heterocycles. The molecule has 3 aromatic rings. The molecule has 2 aromatic heterocycles. The number of pyridine rings is 1. The molecular formula is C16H19N4O. The van der Waals surface area contributed by atoms with Crippen molar-refractivity contribution < 1.29 is 4.74 Å². The van der Waals surface area contributed by atoms with Gasteiger partial charge in [-0.05, 0) is 19.4 Å². The van der Waals surface area contributed by atoms with Gasteiger partial charge >= 0.3 is 0 Å². The first-order valence-corrected chi connectivity index (χ1v) is 7.16. The van der Waals surface area contributed by atoms with Crippen molar-refractivity contribution in [2.24, 2.45) is 0 Å². The Labute approximate surface area is 123 Å². The minimum Gasteiger partial charge on any atom is -0.382 e. The number of nitrogens with two attached hydrogens (primary N) is 1. The molecular weight excluding hydrogens is 264 g/mol. The maximum atomic E-state index is 6.09. The smallest absolute Gasteiger partial charge is 0.152 e. The predicted molar refractivity (Wildman–Crippen MR) is 84.8 cm³/mol. The van der Waals surface area contributed by atoms with Crippen molar-refractivity contribution in [3.05, 3.63) is 37.0 Å². The molecule has 5 nitrogen and oxygen atoms in total. The van der Waals surface area contributed by atoms with Crippen LogP contribution in [-0.2, 0) is 17.9 Å². The average Bonchev–Trinajstić information content (AvgIpc) is 2.85. The molecule has 0 aliphatic carbocycles. The number of nitrogen functional groups attached to an aromatic ring is 1. The summed E-state index contributed by atoms with van der Waals surface area (Å²) in [5, 5.41) is 1.06. The third kappa shape index (κ3) is 2.34. The number of imidazole rings is 1. The van der Waals surface area contributed by atoms with Crippen molar-refractivity contribution >= 4 is 27.8 Å². The number of aryl methyl sites for hydroxylation is 1. The molecule has 0 unspecified atom stereocenters. The van der Waals surface area contributed by atoms with Crippen LogP contribution in [0, 0.1) is 6.92 Å². The van der Waals surface area contributed by atoms with Crippen LogP contribution in [0.4, 0.5) is 5.82 Å². The van der Waals surface area contributed by atoms with E-state index in [9.17, 15) is 0 Å². The maximum absolute atomic E-state index is 6.09. The molecule has 0 aliphatic rings. The monoisotopic (exact) mass is 283 g/mol. The Bertz CT molecular complexity index is 779. The fourth-order valence-electron chi connectivity index (χ4n) is 2.61. The van der Waals surface area contributed by atoms with Gasteiger partial charge in [0.05, 0.1) is 11.0 Å². The third-order valence-corrected chi connectivity index (χ3v) is 3.51. The summed E-state index contributed by atoms with van der Waals surface area (Å²) in [6, 6.07) is 7.98. The summed E-state index contributed by atoms with van der Waals surface area (Å²) in [4.78, 5) is 9.09. The van der Waals surface area contributed by atoms with Gasteiger partial charge in [-0.3, -0.25) is 0 Å². The summed E-state index contributed by atoms with van der Waals surface area (Å²) in [5.41, 5.74) is 8.74. The summed E-state index contributed by atoms with van der Waals surface area (Å²) < 4.78 is 7.67. The number of rotatable bonds is 5. The number of hydrogen-bond donors (Lipinski definition) is 1. The quantitative estimate of drug-likeness (QED) is 0.782. The van der Waals surface area contributed by atoms with Crippen LogP contribution in [0.25, 0.3) is 21.9 Å². The van der Waals surface area contributed by atoms with E-state index in [0.29, 0.717) is 19.0 Å². The standard InChI is InChI=1S/C16H19N4O/c1-3-9-20-13(10-21-4-2)19-14-15(20)11-7-5-6-8-12(11)18-16(14)17/h5-8H,1,3-4,9-10H2,2H3,(H2,17,18). The Morgan fingerprint density at radius 1 is 1.29 bits per heavy atom. The molecule has 0 saturated heterocycles. The average molecular weight is 283 g/mol. The fourth-order valence-corrected chi connectivity index (χ4v) is 2.61. The second kappa shape index (κ2) is 5.69. The second-order valence-electron chi connectivity index (χ2n) is 4.88. The lowest BCUT2D eigenvalue weighted by Gasteiger charge is -2.09. The molecule has 0 spiro atoms. The van der Waals surface area contributed by atoms with E-state index in [1.165, 1.54) is 0 Å². The Kier molecular flexibility index (Phi) is 3.75. The highest BCUT2D eigenvalue weighted by atomic mass is 16.5. The highest BCUT2D eigenvalue weighted by molar-refractivity contribution is 6.06. The Balaban J connectivity index is 2.32. The zero-order valence-corrected chi connectivity index (χ0v) is 12.2. The molecule has 0 amide bonds. The highest BCUT2D eigenvalue weighted by Crippen LogP contribution is 2.29. The van der Waals surface area contributed by atoms with Crippen molar-refractivity contribution in [2.45, 2.75) is 26.5 Å². The second-order valence-corrected chi connectivity index (χ2v) is 4.88. The van der Waals surface area contributed by atoms with Gasteiger partial charge in [0, 0.05) is 18.5 Å². The molecule has 109 valence electrons. The van der Waals surface area contributed by atoms with Gasteiger partial charge in [-0.15, -0.1) is 0 Å². The zero-order chi connectivity index (χ0) is 14.8. The zero-order valence-electron chi connectivity index (χ0n) is 12.2. The van der Waals surface area contributed by atoms with Crippen molar-refractivity contribution in [3.63, 3.8) is 0 Å². The van der Waals surface area contributed by atoms with Crippen LogP contribution in [0.15, 0.2) is 24.3 Å². The van der Waals surface area contributed by atoms with Crippen molar-refractivity contribution in [3.8, 4) is 0 Å². The van der Waals surface area contributed by atoms with Crippen LogP contribution in [0.2, 0.25) is 0 Å².